The maximum absolute atomic E-state index is 10.4. The summed E-state index contributed by atoms with van der Waals surface area (Å²) in [6.45, 7) is 0.466. The van der Waals surface area contributed by atoms with E-state index in [-0.39, 0.29) is 12.0 Å². The van der Waals surface area contributed by atoms with Crippen LogP contribution in [0, 0.1) is 0 Å². The molecule has 21 heavy (non-hydrogen) atoms. The van der Waals surface area contributed by atoms with Gasteiger partial charge in [0.25, 0.3) is 0 Å². The highest BCUT2D eigenvalue weighted by Gasteiger charge is 2.19. The van der Waals surface area contributed by atoms with Gasteiger partial charge in [0.05, 0.1) is 6.10 Å². The van der Waals surface area contributed by atoms with E-state index in [1.165, 1.54) is 5.56 Å². The molecule has 0 bridgehead atoms. The Hall–Kier alpha value is -1.16. The average molecular weight is 348 g/mol. The number of halogens is 1. The molecule has 2 aromatic rings. The van der Waals surface area contributed by atoms with Gasteiger partial charge in [-0.2, -0.15) is 0 Å². The Kier molecular flexibility index (Phi) is 6.43. The topological polar surface area (TPSA) is 46.2 Å². The zero-order valence-corrected chi connectivity index (χ0v) is 13.7. The fourth-order valence-corrected chi connectivity index (χ4v) is 2.85. The molecule has 2 rings (SSSR count). The monoisotopic (exact) mass is 347 g/mol. The Bertz CT molecular complexity index is 527. The van der Waals surface area contributed by atoms with E-state index in [4.69, 9.17) is 5.73 Å². The molecule has 0 aromatic heterocycles. The molecule has 2 unspecified atom stereocenters. The van der Waals surface area contributed by atoms with Gasteiger partial charge in [-0.1, -0.05) is 58.4 Å². The molecule has 2 nitrogen and oxygen atoms in total. The summed E-state index contributed by atoms with van der Waals surface area (Å²) in [4.78, 5) is 0. The van der Waals surface area contributed by atoms with Crippen LogP contribution in [0.3, 0.4) is 0 Å². The molecule has 2 aromatic carbocycles. The molecule has 0 amide bonds. The Morgan fingerprint density at radius 2 is 1.67 bits per heavy atom. The van der Waals surface area contributed by atoms with E-state index in [1.807, 2.05) is 30.3 Å². The fraction of sp³-hybridized carbons (Fsp3) is 0.333. The number of hydrogen-bond acceptors (Lipinski definition) is 2. The van der Waals surface area contributed by atoms with Crippen LogP contribution in [0.5, 0.6) is 0 Å². The van der Waals surface area contributed by atoms with Crippen molar-refractivity contribution in [3.63, 3.8) is 0 Å². The summed E-state index contributed by atoms with van der Waals surface area (Å²) in [6.07, 6.45) is 2.35. The van der Waals surface area contributed by atoms with Crippen LogP contribution in [0.1, 0.15) is 29.9 Å². The molecule has 0 aliphatic rings. The number of benzene rings is 2. The average Bonchev–Trinajstić information content (AvgIpc) is 2.51. The molecule has 0 saturated carbocycles. The Labute approximate surface area is 135 Å². The van der Waals surface area contributed by atoms with Crippen LogP contribution in [-0.2, 0) is 6.42 Å². The van der Waals surface area contributed by atoms with Gasteiger partial charge in [-0.05, 0) is 42.5 Å². The maximum atomic E-state index is 10.4. The van der Waals surface area contributed by atoms with Crippen molar-refractivity contribution in [2.24, 2.45) is 5.73 Å². The van der Waals surface area contributed by atoms with E-state index < -0.39 is 0 Å². The van der Waals surface area contributed by atoms with Crippen LogP contribution in [0.2, 0.25) is 0 Å². The molecule has 0 fully saturated rings. The van der Waals surface area contributed by atoms with E-state index >= 15 is 0 Å². The summed E-state index contributed by atoms with van der Waals surface area (Å²) in [5, 5.41) is 10.4. The van der Waals surface area contributed by atoms with E-state index in [0.717, 1.165) is 29.3 Å². The molecule has 2 atom stereocenters. The lowest BCUT2D eigenvalue weighted by Crippen LogP contribution is -2.26. The molecule has 112 valence electrons. The van der Waals surface area contributed by atoms with Gasteiger partial charge in [0.1, 0.15) is 0 Å². The summed E-state index contributed by atoms with van der Waals surface area (Å²) in [7, 11) is 0. The van der Waals surface area contributed by atoms with Crippen molar-refractivity contribution in [1.82, 2.24) is 0 Å². The molecule has 0 radical (unpaired) electrons. The first kappa shape index (κ1) is 16.2. The van der Waals surface area contributed by atoms with Crippen molar-refractivity contribution in [2.45, 2.75) is 31.3 Å². The zero-order chi connectivity index (χ0) is 15.1. The van der Waals surface area contributed by atoms with E-state index in [1.54, 1.807) is 0 Å². The van der Waals surface area contributed by atoms with Crippen molar-refractivity contribution < 1.29 is 5.11 Å². The third-order valence-electron chi connectivity index (χ3n) is 3.82. The first-order chi connectivity index (χ1) is 10.2. The minimum atomic E-state index is -0.389. The van der Waals surface area contributed by atoms with E-state index in [0.29, 0.717) is 6.54 Å². The fourth-order valence-electron chi connectivity index (χ4n) is 2.59. The van der Waals surface area contributed by atoms with Crippen molar-refractivity contribution in [3.05, 3.63) is 70.2 Å². The zero-order valence-electron chi connectivity index (χ0n) is 12.1. The molecule has 0 saturated heterocycles. The van der Waals surface area contributed by atoms with Crippen LogP contribution in [0.4, 0.5) is 0 Å². The highest BCUT2D eigenvalue weighted by atomic mass is 79.9. The summed E-state index contributed by atoms with van der Waals surface area (Å²) >= 11 is 3.43. The number of nitrogens with two attached hydrogens (primary N) is 1. The van der Waals surface area contributed by atoms with Crippen LogP contribution in [-0.4, -0.2) is 17.8 Å². The first-order valence-corrected chi connectivity index (χ1v) is 8.17. The highest BCUT2D eigenvalue weighted by molar-refractivity contribution is 9.10. The van der Waals surface area contributed by atoms with Crippen LogP contribution >= 0.6 is 15.9 Å². The number of rotatable bonds is 7. The molecule has 3 N–H and O–H groups in total. The maximum Gasteiger partial charge on any atom is 0.0621 e. The van der Waals surface area contributed by atoms with Crippen molar-refractivity contribution >= 4 is 15.9 Å². The third kappa shape index (κ3) is 4.95. The third-order valence-corrected chi connectivity index (χ3v) is 4.35. The van der Waals surface area contributed by atoms with E-state index in [2.05, 4.69) is 40.2 Å². The normalized spacial score (nSPS) is 13.9. The minimum Gasteiger partial charge on any atom is -0.392 e. The van der Waals surface area contributed by atoms with Gasteiger partial charge in [-0.3, -0.25) is 0 Å². The highest BCUT2D eigenvalue weighted by Crippen LogP contribution is 2.24. The smallest absolute Gasteiger partial charge is 0.0621 e. The summed E-state index contributed by atoms with van der Waals surface area (Å²) in [5.41, 5.74) is 8.28. The predicted molar refractivity (Wildman–Crippen MR) is 91.3 cm³/mol. The number of hydrogen-bond donors (Lipinski definition) is 2. The van der Waals surface area contributed by atoms with Crippen molar-refractivity contribution in [2.75, 3.05) is 6.54 Å². The van der Waals surface area contributed by atoms with Crippen LogP contribution in [0.15, 0.2) is 59.1 Å². The molecule has 0 heterocycles. The predicted octanol–water partition coefficient (Wildman–Crippen LogP) is 3.88. The summed E-state index contributed by atoms with van der Waals surface area (Å²) in [5.74, 6) is 0.00822. The van der Waals surface area contributed by atoms with Gasteiger partial charge in [0, 0.05) is 16.9 Å². The van der Waals surface area contributed by atoms with Gasteiger partial charge >= 0.3 is 0 Å². The van der Waals surface area contributed by atoms with Gasteiger partial charge in [-0.25, -0.2) is 0 Å². The Morgan fingerprint density at radius 3 is 2.29 bits per heavy atom. The van der Waals surface area contributed by atoms with Gasteiger partial charge < -0.3 is 10.8 Å². The van der Waals surface area contributed by atoms with Crippen molar-refractivity contribution in [1.29, 1.82) is 0 Å². The quantitative estimate of drug-likeness (QED) is 0.798. The Balaban J connectivity index is 1.88. The number of aliphatic hydroxyl groups is 1. The molecule has 3 heteroatoms. The standard InChI is InChI=1S/C18H22BrNO/c19-16-11-9-15(10-12-16)17(13-20)18(21)8-4-7-14-5-2-1-3-6-14/h1-3,5-6,9-12,17-18,21H,4,7-8,13,20H2. The summed E-state index contributed by atoms with van der Waals surface area (Å²) < 4.78 is 1.04. The second kappa shape index (κ2) is 8.32. The lowest BCUT2D eigenvalue weighted by molar-refractivity contribution is 0.133. The van der Waals surface area contributed by atoms with Gasteiger partial charge in [-0.15, -0.1) is 0 Å². The van der Waals surface area contributed by atoms with Crippen LogP contribution in [0.25, 0.3) is 0 Å². The number of aryl methyl sites for hydroxylation is 1. The molecule has 0 aliphatic heterocycles. The first-order valence-electron chi connectivity index (χ1n) is 7.38. The van der Waals surface area contributed by atoms with Crippen LogP contribution < -0.4 is 5.73 Å². The second-order valence-electron chi connectivity index (χ2n) is 5.34. The second-order valence-corrected chi connectivity index (χ2v) is 6.25. The minimum absolute atomic E-state index is 0.00822. The van der Waals surface area contributed by atoms with Crippen molar-refractivity contribution in [3.8, 4) is 0 Å². The van der Waals surface area contributed by atoms with E-state index in [9.17, 15) is 5.11 Å². The largest absolute Gasteiger partial charge is 0.392 e. The lowest BCUT2D eigenvalue weighted by Gasteiger charge is -2.22. The Morgan fingerprint density at radius 1 is 1.00 bits per heavy atom. The molecular weight excluding hydrogens is 326 g/mol. The van der Waals surface area contributed by atoms with Gasteiger partial charge in [0.2, 0.25) is 0 Å². The lowest BCUT2D eigenvalue weighted by atomic mass is 9.90. The molecule has 0 spiro atoms. The molecule has 0 aliphatic carbocycles. The number of aliphatic hydroxyl groups excluding tert-OH is 1. The SMILES string of the molecule is NCC(c1ccc(Br)cc1)C(O)CCCc1ccccc1. The molecular formula is C18H22BrNO. The van der Waals surface area contributed by atoms with Gasteiger partial charge in [0.15, 0.2) is 0 Å². The summed E-state index contributed by atoms with van der Waals surface area (Å²) in [6, 6.07) is 18.4.